The van der Waals surface area contributed by atoms with Crippen molar-refractivity contribution in [1.82, 2.24) is 14.7 Å². The smallest absolute Gasteiger partial charge is 0.262 e. The number of amides is 3. The Bertz CT molecular complexity index is 911. The summed E-state index contributed by atoms with van der Waals surface area (Å²) in [6.07, 6.45) is 0.713. The van der Waals surface area contributed by atoms with Gasteiger partial charge in [0.2, 0.25) is 0 Å². The molecule has 0 N–H and O–H groups in total. The predicted octanol–water partition coefficient (Wildman–Crippen LogP) is 2.23. The molecule has 28 heavy (non-hydrogen) atoms. The van der Waals surface area contributed by atoms with Crippen LogP contribution in [0.3, 0.4) is 0 Å². The lowest BCUT2D eigenvalue weighted by atomic mass is 10.1. The van der Waals surface area contributed by atoms with Gasteiger partial charge in [0, 0.05) is 31.7 Å². The number of hydrogen-bond donors (Lipinski definition) is 0. The van der Waals surface area contributed by atoms with Crippen molar-refractivity contribution in [3.05, 3.63) is 71.0 Å². The van der Waals surface area contributed by atoms with E-state index < -0.39 is 5.82 Å². The normalized spacial score (nSPS) is 17.6. The van der Waals surface area contributed by atoms with Gasteiger partial charge in [-0.3, -0.25) is 24.2 Å². The van der Waals surface area contributed by atoms with Crippen LogP contribution in [0.4, 0.5) is 4.39 Å². The van der Waals surface area contributed by atoms with Gasteiger partial charge in [0.05, 0.1) is 17.8 Å². The van der Waals surface area contributed by atoms with Crippen LogP contribution in [0.25, 0.3) is 0 Å². The Morgan fingerprint density at radius 2 is 1.61 bits per heavy atom. The highest BCUT2D eigenvalue weighted by Gasteiger charge is 2.36. The monoisotopic (exact) mass is 381 g/mol. The summed E-state index contributed by atoms with van der Waals surface area (Å²) in [5, 5.41) is 0. The highest BCUT2D eigenvalue weighted by molar-refractivity contribution is 6.21. The molecule has 7 heteroatoms. The first-order valence-corrected chi connectivity index (χ1v) is 9.27. The number of nitrogens with zero attached hydrogens (tertiary/aromatic N) is 3. The molecule has 3 amide bonds. The molecule has 0 unspecified atom stereocenters. The van der Waals surface area contributed by atoms with Crippen molar-refractivity contribution in [2.24, 2.45) is 0 Å². The van der Waals surface area contributed by atoms with Gasteiger partial charge in [0.15, 0.2) is 0 Å². The maximum absolute atomic E-state index is 13.4. The molecule has 2 aromatic rings. The van der Waals surface area contributed by atoms with Gasteiger partial charge in [-0.1, -0.05) is 18.2 Å². The maximum atomic E-state index is 13.4. The molecule has 2 aliphatic rings. The zero-order valence-electron chi connectivity index (χ0n) is 15.3. The van der Waals surface area contributed by atoms with E-state index in [9.17, 15) is 18.8 Å². The van der Waals surface area contributed by atoms with Gasteiger partial charge in [-0.15, -0.1) is 0 Å². The predicted molar refractivity (Wildman–Crippen MR) is 100 cm³/mol. The highest BCUT2D eigenvalue weighted by Crippen LogP contribution is 2.23. The molecule has 0 atom stereocenters. The Hall–Kier alpha value is -3.06. The molecular formula is C21H20FN3O3. The Labute approximate surface area is 162 Å². The van der Waals surface area contributed by atoms with Crippen molar-refractivity contribution in [2.45, 2.75) is 6.42 Å². The summed E-state index contributed by atoms with van der Waals surface area (Å²) in [6.45, 7) is 2.41. The Morgan fingerprint density at radius 1 is 0.893 bits per heavy atom. The van der Waals surface area contributed by atoms with Gasteiger partial charge >= 0.3 is 0 Å². The summed E-state index contributed by atoms with van der Waals surface area (Å²) in [4.78, 5) is 42.7. The zero-order valence-corrected chi connectivity index (χ0v) is 15.3. The Morgan fingerprint density at radius 3 is 2.29 bits per heavy atom. The first-order chi connectivity index (χ1) is 13.5. The van der Waals surface area contributed by atoms with Gasteiger partial charge in [-0.25, -0.2) is 4.39 Å². The standard InChI is InChI=1S/C21H20FN3O3/c22-16-6-3-5-15(13-16)19(26)24-10-4-9-23(11-12-24)14-25-20(27)17-7-1-2-8-18(17)21(25)28/h1-3,5-8,13H,4,9-12,14H2. The minimum absolute atomic E-state index is 0.203. The van der Waals surface area contributed by atoms with Crippen LogP contribution in [0, 0.1) is 5.82 Å². The van der Waals surface area contributed by atoms with E-state index in [0.717, 1.165) is 0 Å². The number of hydrogen-bond acceptors (Lipinski definition) is 4. The lowest BCUT2D eigenvalue weighted by molar-refractivity contribution is 0.0539. The molecule has 4 rings (SSSR count). The van der Waals surface area contributed by atoms with Crippen molar-refractivity contribution in [2.75, 3.05) is 32.8 Å². The van der Waals surface area contributed by atoms with Crippen LogP contribution in [0.15, 0.2) is 48.5 Å². The van der Waals surface area contributed by atoms with Crippen LogP contribution >= 0.6 is 0 Å². The largest absolute Gasteiger partial charge is 0.337 e. The summed E-state index contributed by atoms with van der Waals surface area (Å²) in [5.41, 5.74) is 1.20. The van der Waals surface area contributed by atoms with Crippen LogP contribution in [-0.2, 0) is 0 Å². The van der Waals surface area contributed by atoms with Gasteiger partial charge < -0.3 is 4.90 Å². The Balaban J connectivity index is 1.41. The van der Waals surface area contributed by atoms with Crippen LogP contribution in [0.2, 0.25) is 0 Å². The lowest BCUT2D eigenvalue weighted by Crippen LogP contribution is -2.43. The third-order valence-corrected chi connectivity index (χ3v) is 5.17. The van der Waals surface area contributed by atoms with E-state index in [1.807, 2.05) is 4.90 Å². The topological polar surface area (TPSA) is 60.9 Å². The Kier molecular flexibility index (Phi) is 4.92. The SMILES string of the molecule is O=C(c1cccc(F)c1)N1CCCN(CN2C(=O)c3ccccc3C2=O)CC1. The number of fused-ring (bicyclic) bond motifs is 1. The number of carbonyl (C=O) groups excluding carboxylic acids is 3. The molecule has 0 aromatic heterocycles. The second-order valence-electron chi connectivity index (χ2n) is 7.00. The number of carbonyl (C=O) groups is 3. The fourth-order valence-electron chi connectivity index (χ4n) is 3.69. The van der Waals surface area contributed by atoms with Crippen molar-refractivity contribution < 1.29 is 18.8 Å². The summed E-state index contributed by atoms with van der Waals surface area (Å²) in [5.74, 6) is -1.20. The lowest BCUT2D eigenvalue weighted by Gasteiger charge is -2.25. The van der Waals surface area contributed by atoms with E-state index in [-0.39, 0.29) is 24.4 Å². The number of rotatable bonds is 3. The summed E-state index contributed by atoms with van der Waals surface area (Å²) >= 11 is 0. The van der Waals surface area contributed by atoms with Crippen LogP contribution < -0.4 is 0 Å². The summed E-state index contributed by atoms with van der Waals surface area (Å²) < 4.78 is 13.4. The van der Waals surface area contributed by atoms with Gasteiger partial charge in [-0.05, 0) is 36.8 Å². The highest BCUT2D eigenvalue weighted by atomic mass is 19.1. The molecule has 0 radical (unpaired) electrons. The molecule has 2 heterocycles. The second-order valence-corrected chi connectivity index (χ2v) is 7.00. The van der Waals surface area contributed by atoms with Crippen LogP contribution in [0.5, 0.6) is 0 Å². The third kappa shape index (κ3) is 3.41. The van der Waals surface area contributed by atoms with Crippen LogP contribution in [-0.4, -0.2) is 65.3 Å². The van der Waals surface area contributed by atoms with E-state index in [1.54, 1.807) is 35.2 Å². The molecule has 144 valence electrons. The third-order valence-electron chi connectivity index (χ3n) is 5.17. The number of halogens is 1. The average molecular weight is 381 g/mol. The van der Waals surface area contributed by atoms with E-state index in [2.05, 4.69) is 0 Å². The molecule has 2 aromatic carbocycles. The molecule has 1 saturated heterocycles. The van der Waals surface area contributed by atoms with Crippen molar-refractivity contribution in [3.8, 4) is 0 Å². The molecule has 0 bridgehead atoms. The molecular weight excluding hydrogens is 361 g/mol. The number of benzene rings is 2. The van der Waals surface area contributed by atoms with E-state index >= 15 is 0 Å². The van der Waals surface area contributed by atoms with E-state index in [1.165, 1.54) is 23.1 Å². The van der Waals surface area contributed by atoms with E-state index in [4.69, 9.17) is 0 Å². The molecule has 0 spiro atoms. The second kappa shape index (κ2) is 7.52. The van der Waals surface area contributed by atoms with E-state index in [0.29, 0.717) is 49.3 Å². The molecule has 0 saturated carbocycles. The zero-order chi connectivity index (χ0) is 19.7. The maximum Gasteiger partial charge on any atom is 0.262 e. The molecule has 1 fully saturated rings. The van der Waals surface area contributed by atoms with Crippen molar-refractivity contribution >= 4 is 17.7 Å². The summed E-state index contributed by atoms with van der Waals surface area (Å²) in [6, 6.07) is 12.5. The number of imide groups is 1. The first kappa shape index (κ1) is 18.3. The molecule has 6 nitrogen and oxygen atoms in total. The minimum Gasteiger partial charge on any atom is -0.337 e. The van der Waals surface area contributed by atoms with Crippen molar-refractivity contribution in [1.29, 1.82) is 0 Å². The average Bonchev–Trinajstić information content (AvgIpc) is 2.86. The molecule has 0 aliphatic carbocycles. The van der Waals surface area contributed by atoms with Gasteiger partial charge in [0.1, 0.15) is 5.82 Å². The first-order valence-electron chi connectivity index (χ1n) is 9.27. The quantitative estimate of drug-likeness (QED) is 0.765. The minimum atomic E-state index is -0.437. The van der Waals surface area contributed by atoms with Crippen LogP contribution in [0.1, 0.15) is 37.5 Å². The molecule has 2 aliphatic heterocycles. The van der Waals surface area contributed by atoms with Gasteiger partial charge in [0.25, 0.3) is 17.7 Å². The fourth-order valence-corrected chi connectivity index (χ4v) is 3.69. The summed E-state index contributed by atoms with van der Waals surface area (Å²) in [7, 11) is 0. The van der Waals surface area contributed by atoms with Crippen molar-refractivity contribution in [3.63, 3.8) is 0 Å². The van der Waals surface area contributed by atoms with Gasteiger partial charge in [-0.2, -0.15) is 0 Å². The fraction of sp³-hybridized carbons (Fsp3) is 0.286.